The molecule has 4 rings (SSSR count). The number of aromatic nitrogens is 1. The molecule has 0 amide bonds. The summed E-state index contributed by atoms with van der Waals surface area (Å²) in [5.41, 5.74) is 35.1. The van der Waals surface area contributed by atoms with Crippen LogP contribution >= 0.6 is 11.3 Å². The Balaban J connectivity index is 0.000000575. The Kier molecular flexibility index (Phi) is 19.7. The number of carbonyl (C=O) groups excluding carboxylic acids is 1. The average Bonchev–Trinajstić information content (AvgIpc) is 3.73. The predicted octanol–water partition coefficient (Wildman–Crippen LogP) is 9.30. The molecule has 0 bridgehead atoms. The van der Waals surface area contributed by atoms with Gasteiger partial charge in [-0.25, -0.2) is 4.98 Å². The van der Waals surface area contributed by atoms with Gasteiger partial charge in [0.15, 0.2) is 0 Å². The summed E-state index contributed by atoms with van der Waals surface area (Å²) in [6.07, 6.45) is 8.47. The first-order valence-corrected chi connectivity index (χ1v) is 16.2. The van der Waals surface area contributed by atoms with Crippen LogP contribution in [0.1, 0.15) is 31.9 Å². The largest absolute Gasteiger partial charge is 0.466 e. The van der Waals surface area contributed by atoms with Crippen molar-refractivity contribution in [1.82, 2.24) is 4.98 Å². The van der Waals surface area contributed by atoms with Gasteiger partial charge in [-0.1, -0.05) is 84.6 Å². The molecule has 3 aromatic rings. The number of hydrogen-bond donors (Lipinski definition) is 1. The number of rotatable bonds is 8. The van der Waals surface area contributed by atoms with Gasteiger partial charge < -0.3 is 10.5 Å². The molecule has 0 aliphatic heterocycles. The van der Waals surface area contributed by atoms with Gasteiger partial charge in [0.2, 0.25) is 0 Å². The molecular formula is C40H36N2O3S2. The Bertz CT molecular complexity index is 1960. The zero-order valence-corrected chi connectivity index (χ0v) is 28.2. The predicted molar refractivity (Wildman–Crippen MR) is 197 cm³/mol. The average molecular weight is 657 g/mol. The molecule has 0 fully saturated rings. The van der Waals surface area contributed by atoms with E-state index in [9.17, 15) is 9.00 Å². The van der Waals surface area contributed by atoms with Crippen LogP contribution < -0.4 is 5.73 Å². The Hall–Kier alpha value is -5.75. The van der Waals surface area contributed by atoms with Gasteiger partial charge in [-0.3, -0.25) is 9.00 Å². The molecule has 1 aromatic carbocycles. The fourth-order valence-corrected chi connectivity index (χ4v) is 6.49. The molecule has 0 radical (unpaired) electrons. The normalized spacial score (nSPS) is 10.4. The topological polar surface area (TPSA) is 82.3 Å². The lowest BCUT2D eigenvalue weighted by Crippen LogP contribution is -2.04. The summed E-state index contributed by atoms with van der Waals surface area (Å²) in [6, 6.07) is 12.2. The van der Waals surface area contributed by atoms with Crippen molar-refractivity contribution in [1.29, 1.82) is 0 Å². The van der Waals surface area contributed by atoms with Crippen molar-refractivity contribution < 1.29 is 13.7 Å². The number of allylic oxidation sites excluding steroid dienone is 4. The summed E-state index contributed by atoms with van der Waals surface area (Å²) in [4.78, 5) is 16.6. The van der Waals surface area contributed by atoms with Crippen LogP contribution in [-0.2, 0) is 20.3 Å². The van der Waals surface area contributed by atoms with Crippen molar-refractivity contribution in [3.8, 4) is 11.1 Å². The minimum Gasteiger partial charge on any atom is -0.466 e. The third-order valence-electron chi connectivity index (χ3n) is 5.63. The second kappa shape index (κ2) is 23.6. The van der Waals surface area contributed by atoms with E-state index in [0.29, 0.717) is 35.1 Å². The number of fused-ring (bicyclic) bond motifs is 1. The van der Waals surface area contributed by atoms with Gasteiger partial charge in [-0.05, 0) is 97.0 Å². The minimum absolute atomic E-state index is 0.294. The van der Waals surface area contributed by atoms with Crippen LogP contribution in [0.2, 0.25) is 0 Å². The van der Waals surface area contributed by atoms with E-state index in [1.807, 2.05) is 24.3 Å². The fourth-order valence-electron chi connectivity index (χ4n) is 3.77. The number of carbonyl (C=O) groups is 1. The smallest absolute Gasteiger partial charge is 0.302 e. The summed E-state index contributed by atoms with van der Waals surface area (Å²) in [7, 11) is -1.23. The molecule has 7 heteroatoms. The number of unbranched alkanes of at least 4 members (excludes halogenated alkanes) is 1. The van der Waals surface area contributed by atoms with E-state index in [0.717, 1.165) is 33.5 Å². The van der Waals surface area contributed by atoms with Crippen molar-refractivity contribution in [3.05, 3.63) is 157 Å². The number of thiophene rings is 1. The summed E-state index contributed by atoms with van der Waals surface area (Å²) in [6.45, 7) is 20.9. The first-order chi connectivity index (χ1) is 22.8. The standard InChI is InChI=1S/C24H24N2O3S2.C8H4.C5H4.C3H4/c1-16(27)29-13-7-8-14-31(28)24-22(25)21-19(17-9-3-2-4-10-17)15-20(26-23(21)30-24)18-11-5-6-12-18;1-3-5-7-8-6-4-2;1-3-5-4-2;1-3-2/h2-6,9-11,15H,7-8,12-14,25H2,1H3;1-2H2;1-2H2;1-2H2. The van der Waals surface area contributed by atoms with Crippen molar-refractivity contribution in [2.45, 2.75) is 30.4 Å². The van der Waals surface area contributed by atoms with Crippen molar-refractivity contribution in [3.63, 3.8) is 0 Å². The third-order valence-corrected chi connectivity index (χ3v) is 8.62. The number of pyridine rings is 1. The van der Waals surface area contributed by atoms with Crippen LogP contribution in [0.5, 0.6) is 0 Å². The Morgan fingerprint density at radius 3 is 2.09 bits per heavy atom. The quantitative estimate of drug-likeness (QED) is 0.148. The summed E-state index contributed by atoms with van der Waals surface area (Å²) in [5.74, 6) is 0.179. The zero-order chi connectivity index (χ0) is 34.9. The van der Waals surface area contributed by atoms with Crippen molar-refractivity contribution in [2.24, 2.45) is 0 Å². The van der Waals surface area contributed by atoms with E-state index in [2.05, 4.69) is 127 Å². The Labute approximate surface area is 284 Å². The number of esters is 1. The maximum Gasteiger partial charge on any atom is 0.302 e. The Morgan fingerprint density at radius 2 is 1.57 bits per heavy atom. The van der Waals surface area contributed by atoms with Crippen molar-refractivity contribution >= 4 is 49.6 Å². The zero-order valence-electron chi connectivity index (χ0n) is 26.5. The lowest BCUT2D eigenvalue weighted by Gasteiger charge is -2.09. The van der Waals surface area contributed by atoms with Gasteiger partial charge in [0.1, 0.15) is 9.04 Å². The van der Waals surface area contributed by atoms with Gasteiger partial charge in [0.25, 0.3) is 0 Å². The number of benzene rings is 1. The molecule has 1 aliphatic rings. The maximum absolute atomic E-state index is 13.0. The van der Waals surface area contributed by atoms with E-state index >= 15 is 0 Å². The van der Waals surface area contributed by atoms with Crippen LogP contribution in [0.15, 0.2) is 156 Å². The molecule has 2 heterocycles. The first-order valence-electron chi connectivity index (χ1n) is 14.1. The molecule has 0 spiro atoms. The number of nitrogens with two attached hydrogens (primary N) is 1. The molecule has 1 aliphatic carbocycles. The minimum atomic E-state index is -1.23. The molecule has 5 nitrogen and oxygen atoms in total. The molecule has 2 N–H and O–H groups in total. The molecule has 1 atom stereocenters. The highest BCUT2D eigenvalue weighted by Gasteiger charge is 2.21. The summed E-state index contributed by atoms with van der Waals surface area (Å²) >= 11 is 1.41. The second-order valence-corrected chi connectivity index (χ2v) is 11.7. The van der Waals surface area contributed by atoms with Gasteiger partial charge in [-0.15, -0.1) is 17.1 Å². The van der Waals surface area contributed by atoms with Crippen LogP contribution in [0.25, 0.3) is 26.9 Å². The summed E-state index contributed by atoms with van der Waals surface area (Å²) in [5, 5.41) is 0.870. The third kappa shape index (κ3) is 14.3. The summed E-state index contributed by atoms with van der Waals surface area (Å²) < 4.78 is 18.6. The second-order valence-electron chi connectivity index (χ2n) is 8.91. The van der Waals surface area contributed by atoms with Gasteiger partial charge in [0, 0.05) is 18.1 Å². The molecule has 0 saturated carbocycles. The monoisotopic (exact) mass is 656 g/mol. The number of anilines is 1. The highest BCUT2D eigenvalue weighted by Crippen LogP contribution is 2.42. The van der Waals surface area contributed by atoms with E-state index in [-0.39, 0.29) is 5.97 Å². The number of hydrogen-bond acceptors (Lipinski definition) is 6. The fraction of sp³-hybridized carbons (Fsp3) is 0.150. The number of ether oxygens (including phenoxy) is 1. The van der Waals surface area contributed by atoms with Crippen molar-refractivity contribution in [2.75, 3.05) is 18.1 Å². The first kappa shape index (κ1) is 39.3. The SMILES string of the molecule is C=C=C.C=C=C=C=C.C=C=C=C=C=C=C=C.CC(=O)OCCCCS(=O)c1sc2nc(C3=CC=CC3)cc(-c3ccccc3)c2c1N. The highest BCUT2D eigenvalue weighted by atomic mass is 32.2. The number of nitrogen functional groups attached to an aromatic ring is 1. The molecule has 0 saturated heterocycles. The number of nitrogens with zero attached hydrogens (tertiary/aromatic N) is 1. The van der Waals surface area contributed by atoms with Crippen LogP contribution in [0, 0.1) is 0 Å². The van der Waals surface area contributed by atoms with Gasteiger partial charge >= 0.3 is 5.97 Å². The van der Waals surface area contributed by atoms with E-state index in [1.54, 1.807) is 0 Å². The lowest BCUT2D eigenvalue weighted by molar-refractivity contribution is -0.141. The van der Waals surface area contributed by atoms with E-state index in [1.165, 1.54) is 23.8 Å². The van der Waals surface area contributed by atoms with Gasteiger partial charge in [-0.2, -0.15) is 0 Å². The van der Waals surface area contributed by atoms with Crippen LogP contribution in [-0.4, -0.2) is 27.5 Å². The van der Waals surface area contributed by atoms with Crippen LogP contribution in [0.3, 0.4) is 0 Å². The molecular weight excluding hydrogens is 621 g/mol. The molecule has 1 unspecified atom stereocenters. The Morgan fingerprint density at radius 1 is 0.957 bits per heavy atom. The molecule has 47 heavy (non-hydrogen) atoms. The van der Waals surface area contributed by atoms with E-state index in [4.69, 9.17) is 15.5 Å². The van der Waals surface area contributed by atoms with E-state index < -0.39 is 10.8 Å². The van der Waals surface area contributed by atoms with Gasteiger partial charge in [0.05, 0.1) is 28.8 Å². The molecule has 236 valence electrons. The highest BCUT2D eigenvalue weighted by molar-refractivity contribution is 7.87. The maximum atomic E-state index is 13.0. The molecule has 2 aromatic heterocycles. The van der Waals surface area contributed by atoms with Crippen LogP contribution in [0.4, 0.5) is 5.69 Å². The lowest BCUT2D eigenvalue weighted by atomic mass is 10.00.